The molecule has 0 heterocycles. The summed E-state index contributed by atoms with van der Waals surface area (Å²) in [4.78, 5) is 20.0. The zero-order valence-corrected chi connectivity index (χ0v) is 28.2. The molecule has 16 nitrogen and oxygen atoms in total. The number of hydrogen-bond donors (Lipinski definition) is 7. The maximum Gasteiger partial charge on any atom is 0.311 e. The summed E-state index contributed by atoms with van der Waals surface area (Å²) in [5, 5.41) is 27.5. The Kier molecular flexibility index (Phi) is 27.5. The zero-order valence-electron chi connectivity index (χ0n) is 25.8. The third kappa shape index (κ3) is 18.1. The van der Waals surface area contributed by atoms with Crippen molar-refractivity contribution < 1.29 is 24.1 Å². The maximum absolute atomic E-state index is 10.6. The number of anilines is 3. The molecule has 0 aromatic heterocycles. The number of halogens is 3. The molecule has 0 amide bonds. The summed E-state index contributed by atoms with van der Waals surface area (Å²) in [6.07, 6.45) is 0. The highest BCUT2D eigenvalue weighted by Gasteiger charge is 2.14. The topological polar surface area (TPSA) is 268 Å². The van der Waals surface area contributed by atoms with Crippen LogP contribution in [0.15, 0.2) is 54.6 Å². The van der Waals surface area contributed by atoms with Crippen LogP contribution in [0.1, 0.15) is 0 Å². The molecule has 3 rings (SSSR count). The number of nitrogens with zero attached hydrogens (tertiary/aromatic N) is 2. The molecule has 46 heavy (non-hydrogen) atoms. The van der Waals surface area contributed by atoms with Crippen LogP contribution in [-0.2, 0) is 0 Å². The fourth-order valence-electron chi connectivity index (χ4n) is 2.99. The van der Waals surface area contributed by atoms with Crippen molar-refractivity contribution in [2.75, 3.05) is 77.0 Å². The second kappa shape index (κ2) is 27.3. The molecule has 3 aromatic carbocycles. The Balaban J connectivity index is -0.000000560. The number of rotatable bonds is 12. The highest BCUT2D eigenvalue weighted by atomic mass is 35.5. The lowest BCUT2D eigenvalue weighted by molar-refractivity contribution is -0.385. The van der Waals surface area contributed by atoms with Gasteiger partial charge in [0.25, 0.3) is 0 Å². The molecule has 0 radical (unpaired) electrons. The first-order valence-electron chi connectivity index (χ1n) is 13.0. The Hall–Kier alpha value is -4.03. The first-order valence-corrected chi connectivity index (χ1v) is 13.4. The van der Waals surface area contributed by atoms with Gasteiger partial charge in [0, 0.05) is 86.0 Å². The van der Waals surface area contributed by atoms with Crippen LogP contribution in [0.5, 0.6) is 17.2 Å². The molecule has 0 unspecified atom stereocenters. The number of hydrogen-bond acceptors (Lipinski definition) is 14. The number of nitrogens with two attached hydrogens (primary N) is 5. The second-order valence-electron chi connectivity index (χ2n) is 8.18. The molecule has 0 aliphatic heterocycles. The molecule has 0 fully saturated rings. The van der Waals surface area contributed by atoms with E-state index in [-0.39, 0.29) is 47.7 Å². The molecule has 3 aromatic rings. The number of nitrogen functional groups attached to an aromatic ring is 1. The molecule has 0 bridgehead atoms. The lowest BCUT2D eigenvalue weighted by atomic mass is 10.2. The van der Waals surface area contributed by atoms with E-state index in [1.807, 2.05) is 12.1 Å². The monoisotopic (exact) mass is 711 g/mol. The molecular formula is C27H44Cl3N9O7. The van der Waals surface area contributed by atoms with E-state index in [0.29, 0.717) is 49.2 Å². The molecule has 12 N–H and O–H groups in total. The number of nitro groups is 2. The van der Waals surface area contributed by atoms with Gasteiger partial charge in [-0.05, 0) is 24.3 Å². The van der Waals surface area contributed by atoms with E-state index in [4.69, 9.17) is 54.5 Å². The Morgan fingerprint density at radius 3 is 1.43 bits per heavy atom. The van der Waals surface area contributed by atoms with Crippen LogP contribution in [0.3, 0.4) is 0 Å². The summed E-state index contributed by atoms with van der Waals surface area (Å²) in [6, 6.07) is 14.3. The lowest BCUT2D eigenvalue weighted by Gasteiger charge is -2.08. The van der Waals surface area contributed by atoms with Gasteiger partial charge in [0.05, 0.1) is 36.9 Å². The van der Waals surface area contributed by atoms with Gasteiger partial charge in [-0.25, -0.2) is 0 Å². The number of methoxy groups -OCH3 is 3. The Morgan fingerprint density at radius 1 is 0.652 bits per heavy atom. The van der Waals surface area contributed by atoms with Crippen molar-refractivity contribution in [3.05, 3.63) is 79.8 Å². The number of ether oxygens (including phenoxy) is 3. The molecule has 0 aliphatic rings. The summed E-state index contributed by atoms with van der Waals surface area (Å²) >= 11 is 5.60. The van der Waals surface area contributed by atoms with Gasteiger partial charge in [-0.2, -0.15) is 0 Å². The SMILES string of the molecule is COc1cc(Cl)ccc1[N+](=O)[O-].COc1cc(NCCN)ccc1N.COc1cc(NCCN)ccc1[N+](=O)[O-].Cl.Cl.NCCN. The van der Waals surface area contributed by atoms with Gasteiger partial charge in [-0.15, -0.1) is 24.8 Å². The van der Waals surface area contributed by atoms with E-state index in [2.05, 4.69) is 10.6 Å². The summed E-state index contributed by atoms with van der Waals surface area (Å²) in [7, 11) is 4.35. The summed E-state index contributed by atoms with van der Waals surface area (Å²) in [6.45, 7) is 3.65. The van der Waals surface area contributed by atoms with E-state index >= 15 is 0 Å². The van der Waals surface area contributed by atoms with Gasteiger partial charge < -0.3 is 53.5 Å². The Labute approximate surface area is 285 Å². The van der Waals surface area contributed by atoms with Crippen molar-refractivity contribution in [1.82, 2.24) is 0 Å². The van der Waals surface area contributed by atoms with E-state index in [0.717, 1.165) is 17.9 Å². The fourth-order valence-corrected chi connectivity index (χ4v) is 3.16. The molecule has 19 heteroatoms. The van der Waals surface area contributed by atoms with E-state index in [1.165, 1.54) is 38.5 Å². The standard InChI is InChI=1S/C9H13N3O3.C9H15N3O.C7H6ClNO3.C2H8N2.2ClH/c1-15-9-6-7(11-5-4-10)2-3-8(9)12(13)14;1-13-9-6-7(12-5-4-10)2-3-8(9)11;1-12-7-4-5(8)2-3-6(7)9(10)11;3-1-2-4;;/h2-3,6,11H,4-5,10H2,1H3;2-3,6,12H,4-5,10-11H2,1H3;2-4H,1H3;1-4H2;2*1H. The second-order valence-corrected chi connectivity index (χ2v) is 8.62. The molecule has 0 aliphatic carbocycles. The van der Waals surface area contributed by atoms with Crippen LogP contribution in [0, 0.1) is 20.2 Å². The van der Waals surface area contributed by atoms with E-state index in [1.54, 1.807) is 25.3 Å². The zero-order chi connectivity index (χ0) is 33.5. The van der Waals surface area contributed by atoms with Crippen LogP contribution in [0.4, 0.5) is 28.4 Å². The van der Waals surface area contributed by atoms with Gasteiger partial charge in [0.2, 0.25) is 0 Å². The van der Waals surface area contributed by atoms with Gasteiger partial charge in [-0.3, -0.25) is 20.2 Å². The van der Waals surface area contributed by atoms with Crippen LogP contribution in [-0.4, -0.2) is 70.4 Å². The predicted molar refractivity (Wildman–Crippen MR) is 189 cm³/mol. The maximum atomic E-state index is 10.6. The van der Waals surface area contributed by atoms with Crippen LogP contribution in [0.2, 0.25) is 5.02 Å². The highest BCUT2D eigenvalue weighted by Crippen LogP contribution is 2.30. The Morgan fingerprint density at radius 2 is 1.04 bits per heavy atom. The number of nitrogens with one attached hydrogen (secondary N) is 2. The largest absolute Gasteiger partial charge is 0.495 e. The molecular weight excluding hydrogens is 669 g/mol. The summed E-state index contributed by atoms with van der Waals surface area (Å²) < 4.78 is 14.7. The molecule has 0 saturated heterocycles. The van der Waals surface area contributed by atoms with Gasteiger partial charge in [0.15, 0.2) is 11.5 Å². The van der Waals surface area contributed by atoms with Crippen LogP contribution < -0.4 is 53.5 Å². The summed E-state index contributed by atoms with van der Waals surface area (Å²) in [5.74, 6) is 1.09. The smallest absolute Gasteiger partial charge is 0.311 e. The highest BCUT2D eigenvalue weighted by molar-refractivity contribution is 6.30. The molecule has 260 valence electrons. The minimum absolute atomic E-state index is 0. The molecule has 0 atom stereocenters. The third-order valence-corrected chi connectivity index (χ3v) is 5.30. The summed E-state index contributed by atoms with van der Waals surface area (Å²) in [5.41, 5.74) is 28.4. The Bertz CT molecular complexity index is 1290. The van der Waals surface area contributed by atoms with Crippen LogP contribution >= 0.6 is 36.4 Å². The predicted octanol–water partition coefficient (Wildman–Crippen LogP) is 3.63. The number of benzene rings is 3. The molecule has 0 saturated carbocycles. The average molecular weight is 713 g/mol. The quantitative estimate of drug-likeness (QED) is 0.0803. The van der Waals surface area contributed by atoms with Gasteiger partial charge in [-0.1, -0.05) is 11.6 Å². The van der Waals surface area contributed by atoms with Crippen molar-refractivity contribution >= 4 is 64.9 Å². The minimum atomic E-state index is -0.519. The third-order valence-electron chi connectivity index (χ3n) is 5.06. The van der Waals surface area contributed by atoms with Crippen molar-refractivity contribution in [2.24, 2.45) is 22.9 Å². The van der Waals surface area contributed by atoms with E-state index < -0.39 is 9.85 Å². The fraction of sp³-hybridized carbons (Fsp3) is 0.333. The first kappa shape index (κ1) is 46.4. The normalized spacial score (nSPS) is 9.04. The first-order chi connectivity index (χ1) is 21.0. The van der Waals surface area contributed by atoms with Crippen molar-refractivity contribution in [2.45, 2.75) is 0 Å². The number of nitro benzene ring substituents is 2. The minimum Gasteiger partial charge on any atom is -0.495 e. The average Bonchev–Trinajstić information content (AvgIpc) is 3.03. The van der Waals surface area contributed by atoms with Gasteiger partial charge >= 0.3 is 11.4 Å². The molecule has 0 spiro atoms. The van der Waals surface area contributed by atoms with Crippen LogP contribution in [0.25, 0.3) is 0 Å². The lowest BCUT2D eigenvalue weighted by Crippen LogP contribution is -2.13. The van der Waals surface area contributed by atoms with Gasteiger partial charge in [0.1, 0.15) is 5.75 Å². The van der Waals surface area contributed by atoms with Crippen molar-refractivity contribution in [1.29, 1.82) is 0 Å². The van der Waals surface area contributed by atoms with Crippen molar-refractivity contribution in [3.63, 3.8) is 0 Å². The van der Waals surface area contributed by atoms with E-state index in [9.17, 15) is 20.2 Å². The van der Waals surface area contributed by atoms with Crippen molar-refractivity contribution in [3.8, 4) is 17.2 Å².